The fourth-order valence-electron chi connectivity index (χ4n) is 2.19. The van der Waals surface area contributed by atoms with Crippen LogP contribution in [0.15, 0.2) is 53.7 Å². The molecule has 1 aliphatic rings. The van der Waals surface area contributed by atoms with E-state index in [-0.39, 0.29) is 11.6 Å². The first-order valence-electron chi connectivity index (χ1n) is 6.93. The van der Waals surface area contributed by atoms with E-state index in [1.165, 1.54) is 28.8 Å². The van der Waals surface area contributed by atoms with Gasteiger partial charge in [-0.1, -0.05) is 42.2 Å². The Morgan fingerprint density at radius 3 is 2.88 bits per heavy atom. The lowest BCUT2D eigenvalue weighted by Crippen LogP contribution is -2.27. The molecule has 0 atom stereocenters. The van der Waals surface area contributed by atoms with Crippen LogP contribution >= 0.6 is 24.0 Å². The number of hydrogen-bond donors (Lipinski definition) is 0. The molecule has 6 nitrogen and oxygen atoms in total. The van der Waals surface area contributed by atoms with Crippen LogP contribution < -0.4 is 0 Å². The normalized spacial score (nSPS) is 16.0. The van der Waals surface area contributed by atoms with Crippen LogP contribution in [0.1, 0.15) is 11.1 Å². The van der Waals surface area contributed by atoms with Gasteiger partial charge < -0.3 is 0 Å². The Morgan fingerprint density at radius 1 is 1.33 bits per heavy atom. The fourth-order valence-corrected chi connectivity index (χ4v) is 3.45. The van der Waals surface area contributed by atoms with Gasteiger partial charge in [-0.2, -0.15) is 0 Å². The fraction of sp³-hybridized carbons (Fsp3) is 0.0625. The topological polar surface area (TPSA) is 76.3 Å². The molecule has 3 rings (SSSR count). The molecule has 2 heterocycles. The predicted molar refractivity (Wildman–Crippen MR) is 96.0 cm³/mol. The highest BCUT2D eigenvalue weighted by Gasteiger charge is 2.32. The Kier molecular flexibility index (Phi) is 4.68. The Labute approximate surface area is 147 Å². The molecule has 8 heteroatoms. The van der Waals surface area contributed by atoms with Gasteiger partial charge in [0.05, 0.1) is 16.4 Å². The zero-order valence-electron chi connectivity index (χ0n) is 12.3. The maximum absolute atomic E-state index is 12.5. The minimum Gasteiger partial charge on any atom is -0.288 e. The standard InChI is InChI=1S/C16H11N3O3S2/c20-15-14(8-11-3-1-5-13(7-11)19(21)22)24-16(23)18(15)10-12-4-2-6-17-9-12/h1-9H,10H2/b14-8-. The van der Waals surface area contributed by atoms with E-state index in [9.17, 15) is 14.9 Å². The third-order valence-corrected chi connectivity index (χ3v) is 4.69. The summed E-state index contributed by atoms with van der Waals surface area (Å²) in [5, 5.41) is 10.8. The number of carbonyl (C=O) groups excluding carboxylic acids is 1. The first kappa shape index (κ1) is 16.3. The second-order valence-electron chi connectivity index (χ2n) is 4.98. The summed E-state index contributed by atoms with van der Waals surface area (Å²) in [5.74, 6) is -0.208. The van der Waals surface area contributed by atoms with Crippen molar-refractivity contribution < 1.29 is 9.72 Å². The Hall–Kier alpha value is -2.58. The SMILES string of the molecule is O=C1/C(=C/c2cccc([N+](=O)[O-])c2)SC(=S)N1Cc1cccnc1. The van der Waals surface area contributed by atoms with Crippen LogP contribution in [0.3, 0.4) is 0 Å². The van der Waals surface area contributed by atoms with Crippen LogP contribution in [0.2, 0.25) is 0 Å². The summed E-state index contributed by atoms with van der Waals surface area (Å²) in [4.78, 5) is 28.9. The lowest BCUT2D eigenvalue weighted by Gasteiger charge is -2.13. The summed E-state index contributed by atoms with van der Waals surface area (Å²) in [7, 11) is 0. The highest BCUT2D eigenvalue weighted by atomic mass is 32.2. The Morgan fingerprint density at radius 2 is 2.17 bits per heavy atom. The predicted octanol–water partition coefficient (Wildman–Crippen LogP) is 3.39. The summed E-state index contributed by atoms with van der Waals surface area (Å²) in [5.41, 5.74) is 1.45. The molecule has 0 saturated carbocycles. The van der Waals surface area contributed by atoms with Gasteiger partial charge in [-0.05, 0) is 23.3 Å². The maximum Gasteiger partial charge on any atom is 0.270 e. The molecule has 0 radical (unpaired) electrons. The average Bonchev–Trinajstić information content (AvgIpc) is 2.83. The third kappa shape index (κ3) is 3.50. The van der Waals surface area contributed by atoms with Gasteiger partial charge in [0.15, 0.2) is 0 Å². The smallest absolute Gasteiger partial charge is 0.270 e. The number of thiocarbonyl (C=S) groups is 1. The van der Waals surface area contributed by atoms with Crippen LogP contribution in [-0.4, -0.2) is 25.0 Å². The molecule has 2 aromatic rings. The van der Waals surface area contributed by atoms with Gasteiger partial charge in [0.2, 0.25) is 0 Å². The van der Waals surface area contributed by atoms with E-state index in [1.807, 2.05) is 6.07 Å². The van der Waals surface area contributed by atoms with Crippen LogP contribution in [0.4, 0.5) is 5.69 Å². The van der Waals surface area contributed by atoms with Gasteiger partial charge >= 0.3 is 0 Å². The first-order chi connectivity index (χ1) is 11.5. The van der Waals surface area contributed by atoms with Crippen molar-refractivity contribution >= 4 is 46.0 Å². The van der Waals surface area contributed by atoms with Crippen molar-refractivity contribution in [3.05, 3.63) is 74.9 Å². The third-order valence-electron chi connectivity index (χ3n) is 3.32. The molecule has 24 heavy (non-hydrogen) atoms. The molecular weight excluding hydrogens is 346 g/mol. The molecule has 0 N–H and O–H groups in total. The molecule has 1 aromatic carbocycles. The van der Waals surface area contributed by atoms with Crippen molar-refractivity contribution in [1.29, 1.82) is 0 Å². The average molecular weight is 357 g/mol. The number of thioether (sulfide) groups is 1. The monoisotopic (exact) mass is 357 g/mol. The number of nitro benzene ring substituents is 1. The molecule has 0 bridgehead atoms. The molecule has 1 saturated heterocycles. The van der Waals surface area contributed by atoms with Gasteiger partial charge in [-0.3, -0.25) is 24.8 Å². The van der Waals surface area contributed by atoms with Crippen LogP contribution in [0.5, 0.6) is 0 Å². The van der Waals surface area contributed by atoms with Crippen molar-refractivity contribution in [2.75, 3.05) is 0 Å². The van der Waals surface area contributed by atoms with Crippen LogP contribution in [0.25, 0.3) is 6.08 Å². The summed E-state index contributed by atoms with van der Waals surface area (Å²) < 4.78 is 0.459. The van der Waals surface area contributed by atoms with Gasteiger partial charge in [0.25, 0.3) is 11.6 Å². The second kappa shape index (κ2) is 6.90. The van der Waals surface area contributed by atoms with E-state index in [1.54, 1.807) is 36.7 Å². The number of pyridine rings is 1. The number of non-ortho nitro benzene ring substituents is 1. The zero-order valence-corrected chi connectivity index (χ0v) is 13.9. The molecule has 120 valence electrons. The van der Waals surface area contributed by atoms with Crippen molar-refractivity contribution in [2.45, 2.75) is 6.54 Å². The summed E-state index contributed by atoms with van der Waals surface area (Å²) in [6.07, 6.45) is 4.97. The molecule has 1 aromatic heterocycles. The van der Waals surface area contributed by atoms with E-state index in [4.69, 9.17) is 12.2 Å². The number of carbonyl (C=O) groups is 1. The van der Waals surface area contributed by atoms with Crippen LogP contribution in [0, 0.1) is 10.1 Å². The van der Waals surface area contributed by atoms with Crippen molar-refractivity contribution in [3.63, 3.8) is 0 Å². The lowest BCUT2D eigenvalue weighted by atomic mass is 10.2. The van der Waals surface area contributed by atoms with Crippen LogP contribution in [-0.2, 0) is 11.3 Å². The van der Waals surface area contributed by atoms with E-state index >= 15 is 0 Å². The maximum atomic E-state index is 12.5. The summed E-state index contributed by atoms with van der Waals surface area (Å²) >= 11 is 6.46. The van der Waals surface area contributed by atoms with E-state index in [0.717, 1.165) is 5.56 Å². The van der Waals surface area contributed by atoms with Crippen molar-refractivity contribution in [3.8, 4) is 0 Å². The van der Waals surface area contributed by atoms with Gasteiger partial charge in [-0.15, -0.1) is 0 Å². The second-order valence-corrected chi connectivity index (χ2v) is 6.66. The summed E-state index contributed by atoms with van der Waals surface area (Å²) in [6, 6.07) is 9.79. The number of amides is 1. The number of rotatable bonds is 4. The molecular formula is C16H11N3O3S2. The number of hydrogen-bond acceptors (Lipinski definition) is 6. The molecule has 0 spiro atoms. The highest BCUT2D eigenvalue weighted by molar-refractivity contribution is 8.26. The first-order valence-corrected chi connectivity index (χ1v) is 8.16. The molecule has 1 fully saturated rings. The zero-order chi connectivity index (χ0) is 17.1. The van der Waals surface area contributed by atoms with E-state index in [2.05, 4.69) is 4.98 Å². The molecule has 1 aliphatic heterocycles. The molecule has 1 amide bonds. The van der Waals surface area contributed by atoms with Gasteiger partial charge in [0, 0.05) is 24.5 Å². The highest BCUT2D eigenvalue weighted by Crippen LogP contribution is 2.33. The Balaban J connectivity index is 1.83. The number of nitrogens with zero attached hydrogens (tertiary/aromatic N) is 3. The van der Waals surface area contributed by atoms with Crippen molar-refractivity contribution in [2.24, 2.45) is 0 Å². The largest absolute Gasteiger partial charge is 0.288 e. The number of nitro groups is 1. The number of aromatic nitrogens is 1. The minimum atomic E-state index is -0.467. The molecule has 0 unspecified atom stereocenters. The van der Waals surface area contributed by atoms with Gasteiger partial charge in [-0.25, -0.2) is 0 Å². The van der Waals surface area contributed by atoms with E-state index < -0.39 is 4.92 Å². The number of benzene rings is 1. The van der Waals surface area contributed by atoms with E-state index in [0.29, 0.717) is 21.3 Å². The summed E-state index contributed by atoms with van der Waals surface area (Å²) in [6.45, 7) is 0.352. The van der Waals surface area contributed by atoms with Crippen molar-refractivity contribution in [1.82, 2.24) is 9.88 Å². The molecule has 0 aliphatic carbocycles. The van der Waals surface area contributed by atoms with Gasteiger partial charge in [0.1, 0.15) is 4.32 Å². The quantitative estimate of drug-likeness (QED) is 0.361. The Bertz CT molecular complexity index is 853. The lowest BCUT2D eigenvalue weighted by molar-refractivity contribution is -0.384. The minimum absolute atomic E-state index is 0.0189.